The molecule has 4 aromatic heterocycles. The molecule has 0 unspecified atom stereocenters. The van der Waals surface area contributed by atoms with E-state index >= 15 is 0 Å². The lowest BCUT2D eigenvalue weighted by atomic mass is 9.91. The molecule has 0 bridgehead atoms. The third-order valence-electron chi connectivity index (χ3n) is 17.0. The Hall–Kier alpha value is -12.4. The summed E-state index contributed by atoms with van der Waals surface area (Å²) in [5.41, 5.74) is 19.6. The highest BCUT2D eigenvalue weighted by Crippen LogP contribution is 2.46. The highest BCUT2D eigenvalue weighted by atomic mass is 15.0. The van der Waals surface area contributed by atoms with Gasteiger partial charge in [-0.1, -0.05) is 182 Å². The van der Waals surface area contributed by atoms with Crippen molar-refractivity contribution in [1.29, 1.82) is 15.8 Å². The first-order valence-electron chi connectivity index (χ1n) is 28.8. The van der Waals surface area contributed by atoms with Gasteiger partial charge in [0.05, 0.1) is 85.1 Å². The molecule has 12 aromatic carbocycles. The van der Waals surface area contributed by atoms with Gasteiger partial charge in [-0.3, -0.25) is 0 Å². The average molecular weight is 1110 g/mol. The van der Waals surface area contributed by atoms with Crippen LogP contribution in [-0.4, -0.2) is 23.7 Å². The summed E-state index contributed by atoms with van der Waals surface area (Å²) < 4.78 is 7.08. The van der Waals surface area contributed by atoms with Crippen molar-refractivity contribution in [3.63, 3.8) is 0 Å². The Balaban J connectivity index is 1.000. The van der Waals surface area contributed by atoms with Crippen molar-refractivity contribution in [1.82, 2.24) is 23.7 Å². The fourth-order valence-corrected chi connectivity index (χ4v) is 13.1. The molecule has 0 aliphatic heterocycles. The normalized spacial score (nSPS) is 11.4. The van der Waals surface area contributed by atoms with Gasteiger partial charge >= 0.3 is 0 Å². The lowest BCUT2D eigenvalue weighted by Gasteiger charge is -2.22. The molecular formula is C79H46N8. The molecule has 8 heteroatoms. The molecule has 0 fully saturated rings. The summed E-state index contributed by atoms with van der Waals surface area (Å²) in [6.07, 6.45) is 0. The molecule has 0 N–H and O–H groups in total. The molecule has 0 radical (unpaired) electrons. The van der Waals surface area contributed by atoms with Crippen molar-refractivity contribution in [2.45, 2.75) is 0 Å². The molecule has 16 rings (SSSR count). The zero-order valence-corrected chi connectivity index (χ0v) is 46.6. The maximum atomic E-state index is 10.5. The van der Waals surface area contributed by atoms with Crippen molar-refractivity contribution in [3.05, 3.63) is 296 Å². The summed E-state index contributed by atoms with van der Waals surface area (Å²) in [6, 6.07) is 104. The summed E-state index contributed by atoms with van der Waals surface area (Å²) >= 11 is 0. The van der Waals surface area contributed by atoms with Gasteiger partial charge in [-0.15, -0.1) is 0 Å². The van der Waals surface area contributed by atoms with E-state index in [1.807, 2.05) is 42.5 Å². The van der Waals surface area contributed by atoms with E-state index in [1.165, 1.54) is 21.5 Å². The lowest BCUT2D eigenvalue weighted by Crippen LogP contribution is -2.03. The van der Waals surface area contributed by atoms with Gasteiger partial charge in [0.1, 0.15) is 0 Å². The Labute approximate surface area is 500 Å². The number of para-hydroxylation sites is 5. The van der Waals surface area contributed by atoms with Crippen molar-refractivity contribution < 1.29 is 0 Å². The van der Waals surface area contributed by atoms with Crippen LogP contribution >= 0.6 is 0 Å². The van der Waals surface area contributed by atoms with E-state index in [1.54, 1.807) is 12.1 Å². The van der Waals surface area contributed by atoms with Crippen LogP contribution in [0.15, 0.2) is 279 Å². The Bertz CT molecular complexity index is 5220. The highest BCUT2D eigenvalue weighted by Gasteiger charge is 2.25. The average Bonchev–Trinajstić information content (AvgIpc) is 1.75. The van der Waals surface area contributed by atoms with Crippen molar-refractivity contribution in [2.24, 2.45) is 0 Å². The quantitative estimate of drug-likeness (QED) is 0.143. The topological polar surface area (TPSA) is 112 Å². The fourth-order valence-electron chi connectivity index (χ4n) is 13.1. The van der Waals surface area contributed by atoms with Crippen LogP contribution in [0.2, 0.25) is 0 Å². The number of rotatable bonds is 9. The van der Waals surface area contributed by atoms with Crippen LogP contribution in [-0.2, 0) is 0 Å². The smallest absolute Gasteiger partial charge is 0.160 e. The van der Waals surface area contributed by atoms with Gasteiger partial charge < -0.3 is 13.7 Å². The Morgan fingerprint density at radius 1 is 0.276 bits per heavy atom. The predicted molar refractivity (Wildman–Crippen MR) is 352 cm³/mol. The zero-order chi connectivity index (χ0) is 58.1. The molecule has 402 valence electrons. The van der Waals surface area contributed by atoms with E-state index in [9.17, 15) is 15.8 Å². The molecule has 4 heterocycles. The number of fused-ring (bicyclic) bond motifs is 9. The minimum Gasteiger partial charge on any atom is -0.309 e. The van der Waals surface area contributed by atoms with E-state index in [-0.39, 0.29) is 16.7 Å². The van der Waals surface area contributed by atoms with Gasteiger partial charge in [-0.2, -0.15) is 15.8 Å². The highest BCUT2D eigenvalue weighted by molar-refractivity contribution is 6.13. The minimum absolute atomic E-state index is 0.258. The van der Waals surface area contributed by atoms with E-state index in [4.69, 9.17) is 9.97 Å². The molecular weight excluding hydrogens is 1060 g/mol. The zero-order valence-electron chi connectivity index (χ0n) is 46.6. The van der Waals surface area contributed by atoms with Crippen LogP contribution < -0.4 is 0 Å². The van der Waals surface area contributed by atoms with Gasteiger partial charge in [0.15, 0.2) is 5.82 Å². The standard InChI is InChI=1S/C79H46N8/c80-47-50-41-57(48-81)77(58(42-50)49-82)55-35-40-76-68(43-55)65-25-11-16-30-75(65)87(76)78-66(51-31-36-59(37-32-51)85-71-26-12-7-21-61(71)62-22-8-13-27-72(62)85)44-56(70-46-69(53-17-3-1-4-18-53)83-79(84-70)54-19-5-2-6-20-54)45-67(78)52-33-38-60(39-34-52)86-73-28-14-9-23-63(73)64-24-10-15-29-74(64)86/h1-46H. The maximum absolute atomic E-state index is 10.5. The van der Waals surface area contributed by atoms with E-state index < -0.39 is 0 Å². The first-order chi connectivity index (χ1) is 43.0. The summed E-state index contributed by atoms with van der Waals surface area (Å²) in [7, 11) is 0. The molecule has 16 aromatic rings. The molecule has 0 saturated carbocycles. The van der Waals surface area contributed by atoms with Gasteiger partial charge in [-0.25, -0.2) is 9.97 Å². The lowest BCUT2D eigenvalue weighted by molar-refractivity contribution is 1.16. The third kappa shape index (κ3) is 8.27. The number of hydrogen-bond donors (Lipinski definition) is 0. The maximum Gasteiger partial charge on any atom is 0.160 e. The van der Waals surface area contributed by atoms with Gasteiger partial charge in [0.25, 0.3) is 0 Å². The molecule has 0 saturated heterocycles. The SMILES string of the molecule is N#Cc1cc(C#N)c(-c2ccc3c(c2)c2ccccc2n3-c2c(-c3ccc(-n4c5ccccc5c5ccccc54)cc3)cc(-c3cc(-c4ccccc4)nc(-c4ccccc4)n3)cc2-c2ccc(-n3c4ccccc4c4ccccc43)cc2)c(C#N)c1. The van der Waals surface area contributed by atoms with E-state index in [0.29, 0.717) is 17.0 Å². The molecule has 0 aliphatic rings. The van der Waals surface area contributed by atoms with Gasteiger partial charge in [0.2, 0.25) is 0 Å². The monoisotopic (exact) mass is 1110 g/mol. The van der Waals surface area contributed by atoms with Gasteiger partial charge in [0, 0.05) is 77.1 Å². The summed E-state index contributed by atoms with van der Waals surface area (Å²) in [6.45, 7) is 0. The molecule has 0 amide bonds. The van der Waals surface area contributed by atoms with Crippen LogP contribution in [0.3, 0.4) is 0 Å². The van der Waals surface area contributed by atoms with Crippen LogP contribution in [0.5, 0.6) is 0 Å². The van der Waals surface area contributed by atoms with Crippen LogP contribution in [0.4, 0.5) is 0 Å². The van der Waals surface area contributed by atoms with Crippen molar-refractivity contribution in [3.8, 4) is 103 Å². The Kier molecular flexibility index (Phi) is 11.8. The molecule has 0 aliphatic carbocycles. The second-order valence-corrected chi connectivity index (χ2v) is 21.8. The molecule has 0 spiro atoms. The Morgan fingerprint density at radius 2 is 0.655 bits per heavy atom. The number of aromatic nitrogens is 5. The predicted octanol–water partition coefficient (Wildman–Crippen LogP) is 19.4. The molecule has 87 heavy (non-hydrogen) atoms. The van der Waals surface area contributed by atoms with Crippen LogP contribution in [0, 0.1) is 34.0 Å². The number of hydrogen-bond acceptors (Lipinski definition) is 5. The molecule has 0 atom stereocenters. The fraction of sp³-hybridized carbons (Fsp3) is 0. The van der Waals surface area contributed by atoms with Crippen LogP contribution in [0.25, 0.3) is 150 Å². The minimum atomic E-state index is 0.258. The largest absolute Gasteiger partial charge is 0.309 e. The number of benzene rings is 12. The van der Waals surface area contributed by atoms with E-state index in [2.05, 4.69) is 256 Å². The van der Waals surface area contributed by atoms with Crippen LogP contribution in [0.1, 0.15) is 16.7 Å². The third-order valence-corrected chi connectivity index (χ3v) is 17.0. The number of nitriles is 3. The second-order valence-electron chi connectivity index (χ2n) is 21.8. The van der Waals surface area contributed by atoms with Gasteiger partial charge in [-0.05, 0) is 114 Å². The van der Waals surface area contributed by atoms with Crippen molar-refractivity contribution >= 4 is 65.4 Å². The first-order valence-corrected chi connectivity index (χ1v) is 28.8. The Morgan fingerprint density at radius 3 is 1.10 bits per heavy atom. The van der Waals surface area contributed by atoms with Crippen molar-refractivity contribution in [2.75, 3.05) is 0 Å². The second kappa shape index (κ2) is 20.5. The summed E-state index contributed by atoms with van der Waals surface area (Å²) in [4.78, 5) is 10.7. The number of nitrogens with zero attached hydrogens (tertiary/aromatic N) is 8. The van der Waals surface area contributed by atoms with E-state index in [0.717, 1.165) is 111 Å². The summed E-state index contributed by atoms with van der Waals surface area (Å²) in [5.74, 6) is 0.616. The first kappa shape index (κ1) is 50.3. The summed E-state index contributed by atoms with van der Waals surface area (Å²) in [5, 5.41) is 37.7. The molecule has 8 nitrogen and oxygen atoms in total.